The maximum atomic E-state index is 13.3. The van der Waals surface area contributed by atoms with Gasteiger partial charge in [-0.05, 0) is 50.5 Å². The molecule has 6 heteroatoms. The average molecular weight is 345 g/mol. The van der Waals surface area contributed by atoms with Gasteiger partial charge in [0.25, 0.3) is 5.91 Å². The molecule has 1 aromatic heterocycles. The van der Waals surface area contributed by atoms with Crippen molar-refractivity contribution in [2.24, 2.45) is 0 Å². The van der Waals surface area contributed by atoms with Crippen LogP contribution < -0.4 is 0 Å². The number of hydrogen-bond acceptors (Lipinski definition) is 3. The molecule has 0 radical (unpaired) electrons. The van der Waals surface area contributed by atoms with Gasteiger partial charge in [0, 0.05) is 31.7 Å². The summed E-state index contributed by atoms with van der Waals surface area (Å²) in [6, 6.07) is 8.25. The minimum Gasteiger partial charge on any atom is -0.389 e. The number of hydrogen-bond donors (Lipinski definition) is 1. The number of aliphatic hydroxyl groups is 1. The van der Waals surface area contributed by atoms with Crippen LogP contribution >= 0.6 is 0 Å². The van der Waals surface area contributed by atoms with E-state index in [0.717, 1.165) is 5.56 Å². The summed E-state index contributed by atoms with van der Waals surface area (Å²) in [4.78, 5) is 14.3. The van der Waals surface area contributed by atoms with Crippen LogP contribution in [0, 0.1) is 5.82 Å². The molecule has 134 valence electrons. The zero-order valence-electron chi connectivity index (χ0n) is 14.7. The number of aromatic nitrogens is 2. The molecule has 1 fully saturated rings. The standard InChI is InChI=1S/C19H24FN3O2/c1-14(2)23-9-6-17(21-23)18(24)22-10-7-19(25,8-11-22)13-15-4-3-5-16(20)12-15/h3-6,9,12,14,25H,7-8,10-11,13H2,1-2H3. The van der Waals surface area contributed by atoms with Crippen molar-refractivity contribution < 1.29 is 14.3 Å². The molecular weight excluding hydrogens is 321 g/mol. The van der Waals surface area contributed by atoms with Gasteiger partial charge in [-0.15, -0.1) is 0 Å². The Bertz CT molecular complexity index is 749. The van der Waals surface area contributed by atoms with Gasteiger partial charge in [0.2, 0.25) is 0 Å². The zero-order chi connectivity index (χ0) is 18.0. The molecule has 1 saturated heterocycles. The Morgan fingerprint density at radius 3 is 2.64 bits per heavy atom. The number of amides is 1. The summed E-state index contributed by atoms with van der Waals surface area (Å²) in [7, 11) is 0. The maximum absolute atomic E-state index is 13.3. The highest BCUT2D eigenvalue weighted by Crippen LogP contribution is 2.27. The van der Waals surface area contributed by atoms with Crippen LogP contribution in [0.2, 0.25) is 0 Å². The first-order valence-corrected chi connectivity index (χ1v) is 8.68. The molecule has 0 aliphatic carbocycles. The monoisotopic (exact) mass is 345 g/mol. The molecule has 5 nitrogen and oxygen atoms in total. The van der Waals surface area contributed by atoms with Gasteiger partial charge in [0.05, 0.1) is 5.60 Å². The second kappa shape index (κ2) is 6.96. The fraction of sp³-hybridized carbons (Fsp3) is 0.474. The third-order valence-electron chi connectivity index (χ3n) is 4.76. The molecule has 1 aliphatic rings. The SMILES string of the molecule is CC(C)n1ccc(C(=O)N2CCC(O)(Cc3cccc(F)c3)CC2)n1. The molecule has 0 spiro atoms. The highest BCUT2D eigenvalue weighted by atomic mass is 19.1. The van der Waals surface area contributed by atoms with E-state index in [-0.39, 0.29) is 17.8 Å². The van der Waals surface area contributed by atoms with Crippen LogP contribution in [0.25, 0.3) is 0 Å². The summed E-state index contributed by atoms with van der Waals surface area (Å²) >= 11 is 0. The molecule has 0 saturated carbocycles. The van der Waals surface area contributed by atoms with E-state index < -0.39 is 5.60 Å². The largest absolute Gasteiger partial charge is 0.389 e. The first kappa shape index (κ1) is 17.6. The van der Waals surface area contributed by atoms with Crippen LogP contribution in [0.4, 0.5) is 4.39 Å². The Balaban J connectivity index is 1.61. The molecule has 1 N–H and O–H groups in total. The fourth-order valence-electron chi connectivity index (χ4n) is 3.23. The predicted octanol–water partition coefficient (Wildman–Crippen LogP) is 2.81. The van der Waals surface area contributed by atoms with Gasteiger partial charge >= 0.3 is 0 Å². The summed E-state index contributed by atoms with van der Waals surface area (Å²) in [6.45, 7) is 4.96. The number of likely N-dealkylation sites (tertiary alicyclic amines) is 1. The molecule has 1 aliphatic heterocycles. The van der Waals surface area contributed by atoms with Gasteiger partial charge in [-0.3, -0.25) is 9.48 Å². The topological polar surface area (TPSA) is 58.4 Å². The van der Waals surface area contributed by atoms with E-state index in [1.165, 1.54) is 12.1 Å². The van der Waals surface area contributed by atoms with Crippen molar-refractivity contribution >= 4 is 5.91 Å². The lowest BCUT2D eigenvalue weighted by atomic mass is 9.85. The van der Waals surface area contributed by atoms with Crippen LogP contribution in [-0.4, -0.2) is 44.4 Å². The number of piperidine rings is 1. The maximum Gasteiger partial charge on any atom is 0.274 e. The molecule has 3 rings (SSSR count). The third-order valence-corrected chi connectivity index (χ3v) is 4.76. The molecule has 0 bridgehead atoms. The first-order chi connectivity index (χ1) is 11.9. The van der Waals surface area contributed by atoms with Gasteiger partial charge in [-0.2, -0.15) is 5.10 Å². The summed E-state index contributed by atoms with van der Waals surface area (Å²) < 4.78 is 15.1. The molecular formula is C19H24FN3O2. The quantitative estimate of drug-likeness (QED) is 0.927. The van der Waals surface area contributed by atoms with Crippen molar-refractivity contribution in [2.45, 2.75) is 44.8 Å². The molecule has 2 aromatic rings. The average Bonchev–Trinajstić information content (AvgIpc) is 3.05. The lowest BCUT2D eigenvalue weighted by Crippen LogP contribution is -2.47. The summed E-state index contributed by atoms with van der Waals surface area (Å²) in [5, 5.41) is 15.1. The van der Waals surface area contributed by atoms with Crippen LogP contribution in [0.1, 0.15) is 48.8 Å². The highest BCUT2D eigenvalue weighted by molar-refractivity contribution is 5.92. The lowest BCUT2D eigenvalue weighted by molar-refractivity contribution is -0.0164. The van der Waals surface area contributed by atoms with Gasteiger partial charge in [-0.1, -0.05) is 12.1 Å². The van der Waals surface area contributed by atoms with Crippen molar-refractivity contribution in [1.29, 1.82) is 0 Å². The summed E-state index contributed by atoms with van der Waals surface area (Å²) in [6.07, 6.45) is 3.15. The number of benzene rings is 1. The Labute approximate surface area is 147 Å². The number of halogens is 1. The Morgan fingerprint density at radius 2 is 2.04 bits per heavy atom. The number of nitrogens with zero attached hydrogens (tertiary/aromatic N) is 3. The Hall–Kier alpha value is -2.21. The Kier molecular flexibility index (Phi) is 4.90. The van der Waals surface area contributed by atoms with Crippen LogP contribution in [-0.2, 0) is 6.42 Å². The van der Waals surface area contributed by atoms with E-state index in [0.29, 0.717) is 38.0 Å². The van der Waals surface area contributed by atoms with E-state index in [4.69, 9.17) is 0 Å². The van der Waals surface area contributed by atoms with Crippen LogP contribution in [0.15, 0.2) is 36.5 Å². The molecule has 0 unspecified atom stereocenters. The van der Waals surface area contributed by atoms with Crippen molar-refractivity contribution in [3.63, 3.8) is 0 Å². The van der Waals surface area contributed by atoms with Gasteiger partial charge in [-0.25, -0.2) is 4.39 Å². The number of carbonyl (C=O) groups is 1. The van der Waals surface area contributed by atoms with Gasteiger partial charge < -0.3 is 10.0 Å². The first-order valence-electron chi connectivity index (χ1n) is 8.68. The Morgan fingerprint density at radius 1 is 1.32 bits per heavy atom. The zero-order valence-corrected chi connectivity index (χ0v) is 14.7. The van der Waals surface area contributed by atoms with Crippen LogP contribution in [0.3, 0.4) is 0 Å². The molecule has 2 heterocycles. The van der Waals surface area contributed by atoms with Crippen molar-refractivity contribution in [3.05, 3.63) is 53.6 Å². The van der Waals surface area contributed by atoms with Crippen molar-refractivity contribution in [3.8, 4) is 0 Å². The van der Waals surface area contributed by atoms with Crippen molar-refractivity contribution in [1.82, 2.24) is 14.7 Å². The number of rotatable bonds is 4. The molecule has 1 amide bonds. The van der Waals surface area contributed by atoms with Gasteiger partial charge in [0.1, 0.15) is 11.5 Å². The normalized spacial score (nSPS) is 17.1. The predicted molar refractivity (Wildman–Crippen MR) is 92.8 cm³/mol. The van der Waals surface area contributed by atoms with E-state index in [9.17, 15) is 14.3 Å². The van der Waals surface area contributed by atoms with E-state index in [1.54, 1.807) is 21.7 Å². The molecule has 25 heavy (non-hydrogen) atoms. The van der Waals surface area contributed by atoms with E-state index >= 15 is 0 Å². The third kappa shape index (κ3) is 4.07. The smallest absolute Gasteiger partial charge is 0.274 e. The fourth-order valence-corrected chi connectivity index (χ4v) is 3.23. The van der Waals surface area contributed by atoms with Gasteiger partial charge in [0.15, 0.2) is 0 Å². The molecule has 0 atom stereocenters. The lowest BCUT2D eigenvalue weighted by Gasteiger charge is -2.38. The summed E-state index contributed by atoms with van der Waals surface area (Å²) in [5.74, 6) is -0.401. The second-order valence-electron chi connectivity index (χ2n) is 7.10. The van der Waals surface area contributed by atoms with Crippen molar-refractivity contribution in [2.75, 3.05) is 13.1 Å². The van der Waals surface area contributed by atoms with Crippen LogP contribution in [0.5, 0.6) is 0 Å². The second-order valence-corrected chi connectivity index (χ2v) is 7.10. The summed E-state index contributed by atoms with van der Waals surface area (Å²) in [5.41, 5.74) is 0.309. The van der Waals surface area contributed by atoms with E-state index in [1.807, 2.05) is 26.1 Å². The minimum atomic E-state index is -0.901. The molecule has 1 aromatic carbocycles. The van der Waals surface area contributed by atoms with E-state index in [2.05, 4.69) is 5.10 Å². The highest BCUT2D eigenvalue weighted by Gasteiger charge is 2.34. The number of carbonyl (C=O) groups excluding carboxylic acids is 1. The minimum absolute atomic E-state index is 0.104.